The molecule has 1 aliphatic carbocycles. The number of hydrogen-bond donors (Lipinski definition) is 2. The predicted molar refractivity (Wildman–Crippen MR) is 122 cm³/mol. The lowest BCUT2D eigenvalue weighted by molar-refractivity contribution is -0.118. The van der Waals surface area contributed by atoms with Crippen molar-refractivity contribution >= 4 is 23.4 Å². The molecule has 0 spiro atoms. The number of allylic oxidation sites excluding steroid dienone is 2. The van der Waals surface area contributed by atoms with Crippen molar-refractivity contribution in [3.8, 4) is 0 Å². The van der Waals surface area contributed by atoms with E-state index in [1.165, 1.54) is 17.3 Å². The van der Waals surface area contributed by atoms with Crippen molar-refractivity contribution in [2.24, 2.45) is 5.41 Å². The third-order valence-electron chi connectivity index (χ3n) is 5.76. The van der Waals surface area contributed by atoms with Crippen LogP contribution in [0.4, 0.5) is 5.82 Å². The first-order chi connectivity index (χ1) is 14.3. The van der Waals surface area contributed by atoms with Gasteiger partial charge in [-0.1, -0.05) is 62.9 Å². The SMILES string of the molecule is C=CCSc1nc2c(c(=O)[nH]1)C(c1ccc(CC)cc1)C1=C(CC(C)(C)CC1=O)N2. The van der Waals surface area contributed by atoms with E-state index >= 15 is 0 Å². The van der Waals surface area contributed by atoms with Crippen molar-refractivity contribution in [2.45, 2.75) is 51.1 Å². The molecule has 1 aliphatic heterocycles. The molecule has 0 saturated carbocycles. The summed E-state index contributed by atoms with van der Waals surface area (Å²) in [7, 11) is 0. The highest BCUT2D eigenvalue weighted by Gasteiger charge is 2.42. The number of carbonyl (C=O) groups excluding carboxylic acids is 1. The lowest BCUT2D eigenvalue weighted by Crippen LogP contribution is -2.37. The van der Waals surface area contributed by atoms with E-state index in [4.69, 9.17) is 0 Å². The molecule has 0 bridgehead atoms. The summed E-state index contributed by atoms with van der Waals surface area (Å²) in [6.45, 7) is 10.0. The van der Waals surface area contributed by atoms with Gasteiger partial charge in [0.2, 0.25) is 0 Å². The topological polar surface area (TPSA) is 74.8 Å². The maximum absolute atomic E-state index is 13.2. The molecule has 2 aromatic rings. The van der Waals surface area contributed by atoms with Gasteiger partial charge in [0.15, 0.2) is 10.9 Å². The highest BCUT2D eigenvalue weighted by atomic mass is 32.2. The quantitative estimate of drug-likeness (QED) is 0.412. The summed E-state index contributed by atoms with van der Waals surface area (Å²) in [5, 5.41) is 3.91. The van der Waals surface area contributed by atoms with E-state index in [0.717, 1.165) is 24.1 Å². The summed E-state index contributed by atoms with van der Waals surface area (Å²) >= 11 is 1.43. The average Bonchev–Trinajstić information content (AvgIpc) is 2.70. The standard InChI is InChI=1S/C24H27N3O2S/c1-5-11-30-23-26-21-20(22(29)27-23)18(15-9-7-14(6-2)8-10-15)19-16(25-21)12-24(3,4)13-17(19)28/h5,7-10,18H,1,6,11-13H2,2-4H3,(H2,25,26,27,29). The van der Waals surface area contributed by atoms with Crippen molar-refractivity contribution in [1.29, 1.82) is 0 Å². The van der Waals surface area contributed by atoms with Gasteiger partial charge in [-0.25, -0.2) is 4.98 Å². The Morgan fingerprint density at radius 2 is 1.97 bits per heavy atom. The zero-order chi connectivity index (χ0) is 21.5. The second-order valence-electron chi connectivity index (χ2n) is 8.72. The molecule has 156 valence electrons. The van der Waals surface area contributed by atoms with Gasteiger partial charge in [-0.3, -0.25) is 9.59 Å². The monoisotopic (exact) mass is 421 g/mol. The van der Waals surface area contributed by atoms with Gasteiger partial charge in [-0.15, -0.1) is 6.58 Å². The Morgan fingerprint density at radius 1 is 1.23 bits per heavy atom. The molecule has 30 heavy (non-hydrogen) atoms. The zero-order valence-electron chi connectivity index (χ0n) is 17.7. The molecule has 1 aromatic heterocycles. The molecule has 1 unspecified atom stereocenters. The number of H-pyrrole nitrogens is 1. The second kappa shape index (κ2) is 7.91. The molecule has 2 N–H and O–H groups in total. The van der Waals surface area contributed by atoms with Crippen molar-refractivity contribution in [2.75, 3.05) is 11.1 Å². The zero-order valence-corrected chi connectivity index (χ0v) is 18.5. The third kappa shape index (κ3) is 3.76. The number of rotatable bonds is 5. The maximum atomic E-state index is 13.2. The smallest absolute Gasteiger partial charge is 0.257 e. The molecule has 6 heteroatoms. The van der Waals surface area contributed by atoms with Crippen LogP contribution >= 0.6 is 11.8 Å². The minimum atomic E-state index is -0.402. The molecule has 2 heterocycles. The Kier molecular flexibility index (Phi) is 5.45. The van der Waals surface area contributed by atoms with Crippen LogP contribution in [0.5, 0.6) is 0 Å². The van der Waals surface area contributed by atoms with E-state index in [2.05, 4.69) is 54.8 Å². The Labute approximate surface area is 181 Å². The van der Waals surface area contributed by atoms with E-state index in [-0.39, 0.29) is 16.8 Å². The van der Waals surface area contributed by atoms with Crippen LogP contribution in [0.25, 0.3) is 0 Å². The number of ketones is 1. The van der Waals surface area contributed by atoms with Gasteiger partial charge in [0, 0.05) is 29.4 Å². The van der Waals surface area contributed by atoms with Crippen molar-refractivity contribution in [1.82, 2.24) is 9.97 Å². The molecule has 2 aliphatic rings. The van der Waals surface area contributed by atoms with Gasteiger partial charge in [-0.2, -0.15) is 0 Å². The number of nitrogens with zero attached hydrogens (tertiary/aromatic N) is 1. The number of aromatic amines is 1. The molecule has 1 atom stereocenters. The fourth-order valence-electron chi connectivity index (χ4n) is 4.38. The van der Waals surface area contributed by atoms with Crippen LogP contribution in [-0.2, 0) is 11.2 Å². The van der Waals surface area contributed by atoms with Gasteiger partial charge in [0.25, 0.3) is 5.56 Å². The van der Waals surface area contributed by atoms with Crippen LogP contribution in [0.15, 0.2) is 58.1 Å². The first kappa shape index (κ1) is 20.7. The summed E-state index contributed by atoms with van der Waals surface area (Å²) < 4.78 is 0. The average molecular weight is 422 g/mol. The van der Waals surface area contributed by atoms with E-state index in [1.807, 2.05) is 12.1 Å². The van der Waals surface area contributed by atoms with Crippen LogP contribution < -0.4 is 10.9 Å². The Morgan fingerprint density at radius 3 is 2.63 bits per heavy atom. The first-order valence-electron chi connectivity index (χ1n) is 10.3. The summed E-state index contributed by atoms with van der Waals surface area (Å²) in [6.07, 6.45) is 3.94. The van der Waals surface area contributed by atoms with E-state index in [9.17, 15) is 9.59 Å². The summed E-state index contributed by atoms with van der Waals surface area (Å²) in [5.41, 5.74) is 3.98. The number of aryl methyl sites for hydroxylation is 1. The molecule has 0 fully saturated rings. The first-order valence-corrected chi connectivity index (χ1v) is 11.3. The van der Waals surface area contributed by atoms with Crippen LogP contribution in [-0.4, -0.2) is 21.5 Å². The Hall–Kier alpha value is -2.60. The van der Waals surface area contributed by atoms with E-state index in [0.29, 0.717) is 34.3 Å². The number of thioether (sulfide) groups is 1. The fourth-order valence-corrected chi connectivity index (χ4v) is 4.98. The van der Waals surface area contributed by atoms with Crippen LogP contribution in [0.3, 0.4) is 0 Å². The summed E-state index contributed by atoms with van der Waals surface area (Å²) in [6, 6.07) is 8.22. The van der Waals surface area contributed by atoms with Crippen LogP contribution in [0, 0.1) is 5.41 Å². The number of Topliss-reactive ketones (excluding diaryl/α,β-unsaturated/α-hetero) is 1. The number of nitrogens with one attached hydrogen (secondary N) is 2. The molecular weight excluding hydrogens is 394 g/mol. The fraction of sp³-hybridized carbons (Fsp3) is 0.375. The molecule has 0 saturated heterocycles. The van der Waals surface area contributed by atoms with Gasteiger partial charge in [0.1, 0.15) is 5.82 Å². The molecule has 0 radical (unpaired) electrons. The molecule has 4 rings (SSSR count). The van der Waals surface area contributed by atoms with Gasteiger partial charge in [-0.05, 0) is 29.4 Å². The van der Waals surface area contributed by atoms with E-state index < -0.39 is 5.92 Å². The lowest BCUT2D eigenvalue weighted by atomic mass is 9.69. The number of aromatic nitrogens is 2. The van der Waals surface area contributed by atoms with E-state index in [1.54, 1.807) is 6.08 Å². The third-order valence-corrected chi connectivity index (χ3v) is 6.63. The van der Waals surface area contributed by atoms with Gasteiger partial charge < -0.3 is 10.3 Å². The van der Waals surface area contributed by atoms with Gasteiger partial charge >= 0.3 is 0 Å². The number of anilines is 1. The predicted octanol–water partition coefficient (Wildman–Crippen LogP) is 4.81. The summed E-state index contributed by atoms with van der Waals surface area (Å²) in [5.74, 6) is 0.913. The Balaban J connectivity index is 1.90. The van der Waals surface area contributed by atoms with Crippen LogP contribution in [0.2, 0.25) is 0 Å². The number of hydrogen-bond acceptors (Lipinski definition) is 5. The lowest BCUT2D eigenvalue weighted by Gasteiger charge is -2.38. The van der Waals surface area contributed by atoms with Crippen molar-refractivity contribution < 1.29 is 4.79 Å². The van der Waals surface area contributed by atoms with Crippen LogP contribution in [0.1, 0.15) is 56.2 Å². The minimum absolute atomic E-state index is 0.105. The van der Waals surface area contributed by atoms with Crippen molar-refractivity contribution in [3.63, 3.8) is 0 Å². The largest absolute Gasteiger partial charge is 0.343 e. The summed E-state index contributed by atoms with van der Waals surface area (Å²) in [4.78, 5) is 34.0. The van der Waals surface area contributed by atoms with Crippen molar-refractivity contribution in [3.05, 3.63) is 75.2 Å². The highest BCUT2D eigenvalue weighted by Crippen LogP contribution is 2.47. The second-order valence-corrected chi connectivity index (χ2v) is 9.73. The molecule has 0 amide bonds. The number of benzene rings is 1. The molecule has 1 aromatic carbocycles. The molecule has 5 nitrogen and oxygen atoms in total. The maximum Gasteiger partial charge on any atom is 0.257 e. The molecular formula is C24H27N3O2S. The van der Waals surface area contributed by atoms with Gasteiger partial charge in [0.05, 0.1) is 5.56 Å². The number of fused-ring (bicyclic) bond motifs is 1. The highest BCUT2D eigenvalue weighted by molar-refractivity contribution is 7.99. The normalized spacial score (nSPS) is 19.7. The number of carbonyl (C=O) groups is 1. The minimum Gasteiger partial charge on any atom is -0.343 e. The Bertz CT molecular complexity index is 1100.